The summed E-state index contributed by atoms with van der Waals surface area (Å²) in [5, 5.41) is 4.03. The van der Waals surface area contributed by atoms with Gasteiger partial charge in [0.15, 0.2) is 5.82 Å². The molecule has 7 nitrogen and oxygen atoms in total. The minimum absolute atomic E-state index is 0.157. The molecule has 1 aliphatic heterocycles. The Bertz CT molecular complexity index is 591. The van der Waals surface area contributed by atoms with E-state index in [-0.39, 0.29) is 11.2 Å². The maximum atomic E-state index is 12.0. The van der Waals surface area contributed by atoms with Gasteiger partial charge in [-0.15, -0.1) is 0 Å². The summed E-state index contributed by atoms with van der Waals surface area (Å²) in [7, 11) is -3.10. The molecule has 0 radical (unpaired) electrons. The van der Waals surface area contributed by atoms with E-state index in [1.54, 1.807) is 11.2 Å². The molecule has 0 spiro atoms. The molecule has 0 bridgehead atoms. The Morgan fingerprint density at radius 3 is 2.50 bits per heavy atom. The minimum atomic E-state index is -3.10. The van der Waals surface area contributed by atoms with Crippen LogP contribution in [0.1, 0.15) is 45.8 Å². The maximum Gasteiger partial charge on any atom is 0.232 e. The fourth-order valence-corrected chi connectivity index (χ4v) is 3.52. The third kappa shape index (κ3) is 4.27. The quantitative estimate of drug-likeness (QED) is 0.826. The molecule has 0 aromatic carbocycles. The van der Waals surface area contributed by atoms with Crippen LogP contribution in [-0.4, -0.2) is 59.7 Å². The molecule has 1 aromatic rings. The molecule has 2 heterocycles. The van der Waals surface area contributed by atoms with Crippen molar-refractivity contribution >= 4 is 10.0 Å². The molecule has 0 aliphatic carbocycles. The van der Waals surface area contributed by atoms with Gasteiger partial charge in [0.2, 0.25) is 15.9 Å². The van der Waals surface area contributed by atoms with Crippen molar-refractivity contribution in [2.24, 2.45) is 0 Å². The van der Waals surface area contributed by atoms with Gasteiger partial charge in [0.1, 0.15) is 0 Å². The zero-order chi connectivity index (χ0) is 16.4. The summed E-state index contributed by atoms with van der Waals surface area (Å²) in [6, 6.07) is 0. The van der Waals surface area contributed by atoms with Crippen LogP contribution < -0.4 is 0 Å². The van der Waals surface area contributed by atoms with Gasteiger partial charge < -0.3 is 4.52 Å². The lowest BCUT2D eigenvalue weighted by molar-refractivity contribution is 0.264. The lowest BCUT2D eigenvalue weighted by atomic mass is 9.97. The highest BCUT2D eigenvalue weighted by Crippen LogP contribution is 2.20. The third-order valence-corrected chi connectivity index (χ3v) is 5.66. The van der Waals surface area contributed by atoms with Crippen molar-refractivity contribution in [1.29, 1.82) is 0 Å². The molecule has 0 unspecified atom stereocenters. The van der Waals surface area contributed by atoms with Crippen LogP contribution in [0, 0.1) is 0 Å². The SMILES string of the molecule is CCS(=O)(=O)N1CCCN(Cc2noc(C(C)(C)C)n2)CC1. The summed E-state index contributed by atoms with van der Waals surface area (Å²) < 4.78 is 30.8. The Balaban J connectivity index is 1.96. The molecule has 8 heteroatoms. The van der Waals surface area contributed by atoms with Crippen molar-refractivity contribution < 1.29 is 12.9 Å². The average Bonchev–Trinajstić information content (AvgIpc) is 2.77. The summed E-state index contributed by atoms with van der Waals surface area (Å²) in [4.78, 5) is 6.62. The number of aromatic nitrogens is 2. The highest BCUT2D eigenvalue weighted by atomic mass is 32.2. The monoisotopic (exact) mass is 330 g/mol. The van der Waals surface area contributed by atoms with Gasteiger partial charge in [-0.1, -0.05) is 25.9 Å². The van der Waals surface area contributed by atoms with Crippen molar-refractivity contribution in [2.45, 2.75) is 46.1 Å². The van der Waals surface area contributed by atoms with E-state index in [1.165, 1.54) is 0 Å². The lowest BCUT2D eigenvalue weighted by Gasteiger charge is -2.20. The van der Waals surface area contributed by atoms with Crippen molar-refractivity contribution in [3.05, 3.63) is 11.7 Å². The summed E-state index contributed by atoms with van der Waals surface area (Å²) in [5.41, 5.74) is -0.157. The van der Waals surface area contributed by atoms with E-state index in [1.807, 2.05) is 20.8 Å². The van der Waals surface area contributed by atoms with Crippen molar-refractivity contribution in [3.8, 4) is 0 Å². The van der Waals surface area contributed by atoms with Gasteiger partial charge in [0.05, 0.1) is 12.3 Å². The van der Waals surface area contributed by atoms with Crippen LogP contribution in [-0.2, 0) is 22.0 Å². The summed E-state index contributed by atoms with van der Waals surface area (Å²) in [6.07, 6.45) is 0.823. The smallest absolute Gasteiger partial charge is 0.232 e. The maximum absolute atomic E-state index is 12.0. The van der Waals surface area contributed by atoms with Gasteiger partial charge in [-0.05, 0) is 19.9 Å². The number of hydrogen-bond acceptors (Lipinski definition) is 6. The van der Waals surface area contributed by atoms with Gasteiger partial charge in [0, 0.05) is 25.0 Å². The first-order chi connectivity index (χ1) is 10.2. The highest BCUT2D eigenvalue weighted by molar-refractivity contribution is 7.89. The molecule has 22 heavy (non-hydrogen) atoms. The fourth-order valence-electron chi connectivity index (χ4n) is 2.39. The number of hydrogen-bond donors (Lipinski definition) is 0. The predicted octanol–water partition coefficient (Wildman–Crippen LogP) is 1.22. The molecule has 1 fully saturated rings. The van der Waals surface area contributed by atoms with Crippen LogP contribution in [0.5, 0.6) is 0 Å². The zero-order valence-electron chi connectivity index (χ0n) is 13.9. The minimum Gasteiger partial charge on any atom is -0.339 e. The Labute approximate surface area is 132 Å². The summed E-state index contributed by atoms with van der Waals surface area (Å²) >= 11 is 0. The molecule has 126 valence electrons. The van der Waals surface area contributed by atoms with E-state index in [9.17, 15) is 8.42 Å². The molecule has 1 aromatic heterocycles. The first-order valence-corrected chi connectivity index (χ1v) is 9.36. The first-order valence-electron chi connectivity index (χ1n) is 7.75. The Kier molecular flexibility index (Phi) is 5.24. The second-order valence-electron chi connectivity index (χ2n) is 6.70. The van der Waals surface area contributed by atoms with E-state index in [0.717, 1.165) is 13.0 Å². The normalized spacial score (nSPS) is 19.3. The van der Waals surface area contributed by atoms with Crippen LogP contribution >= 0.6 is 0 Å². The molecule has 0 N–H and O–H groups in total. The fraction of sp³-hybridized carbons (Fsp3) is 0.857. The number of rotatable bonds is 4. The zero-order valence-corrected chi connectivity index (χ0v) is 14.7. The van der Waals surface area contributed by atoms with Gasteiger partial charge in [-0.3, -0.25) is 4.90 Å². The van der Waals surface area contributed by atoms with Crippen LogP contribution in [0.15, 0.2) is 4.52 Å². The first kappa shape index (κ1) is 17.4. The molecule has 2 rings (SSSR count). The van der Waals surface area contributed by atoms with Crippen molar-refractivity contribution in [3.63, 3.8) is 0 Å². The van der Waals surface area contributed by atoms with E-state index in [0.29, 0.717) is 37.9 Å². The van der Waals surface area contributed by atoms with E-state index in [2.05, 4.69) is 15.0 Å². The Morgan fingerprint density at radius 2 is 1.91 bits per heavy atom. The average molecular weight is 330 g/mol. The molecular weight excluding hydrogens is 304 g/mol. The van der Waals surface area contributed by atoms with Crippen LogP contribution in [0.2, 0.25) is 0 Å². The van der Waals surface area contributed by atoms with Crippen molar-refractivity contribution in [1.82, 2.24) is 19.3 Å². The van der Waals surface area contributed by atoms with Gasteiger partial charge >= 0.3 is 0 Å². The molecule has 0 atom stereocenters. The molecule has 0 saturated carbocycles. The second kappa shape index (κ2) is 6.64. The highest BCUT2D eigenvalue weighted by Gasteiger charge is 2.25. The summed E-state index contributed by atoms with van der Waals surface area (Å²) in [6.45, 7) is 11.0. The van der Waals surface area contributed by atoms with Crippen molar-refractivity contribution in [2.75, 3.05) is 31.9 Å². The van der Waals surface area contributed by atoms with Crippen LogP contribution in [0.25, 0.3) is 0 Å². The third-order valence-electron chi connectivity index (χ3n) is 3.78. The molecule has 1 aliphatic rings. The van der Waals surface area contributed by atoms with E-state index >= 15 is 0 Å². The van der Waals surface area contributed by atoms with Gasteiger partial charge in [-0.25, -0.2) is 12.7 Å². The largest absolute Gasteiger partial charge is 0.339 e. The second-order valence-corrected chi connectivity index (χ2v) is 8.95. The Morgan fingerprint density at radius 1 is 1.18 bits per heavy atom. The van der Waals surface area contributed by atoms with Gasteiger partial charge in [0.25, 0.3) is 0 Å². The van der Waals surface area contributed by atoms with Crippen LogP contribution in [0.3, 0.4) is 0 Å². The number of sulfonamides is 1. The van der Waals surface area contributed by atoms with Crippen LogP contribution in [0.4, 0.5) is 0 Å². The Hall–Kier alpha value is -0.990. The molecule has 0 amide bonds. The predicted molar refractivity (Wildman–Crippen MR) is 83.9 cm³/mol. The summed E-state index contributed by atoms with van der Waals surface area (Å²) in [5.74, 6) is 1.46. The lowest BCUT2D eigenvalue weighted by Crippen LogP contribution is -2.36. The topological polar surface area (TPSA) is 79.5 Å². The van der Waals surface area contributed by atoms with E-state index in [4.69, 9.17) is 4.52 Å². The number of nitrogens with zero attached hydrogens (tertiary/aromatic N) is 4. The van der Waals surface area contributed by atoms with Gasteiger partial charge in [-0.2, -0.15) is 4.98 Å². The van der Waals surface area contributed by atoms with E-state index < -0.39 is 10.0 Å². The standard InChI is InChI=1S/C14H26N4O3S/c1-5-22(19,20)18-8-6-7-17(9-10-18)11-12-15-13(21-16-12)14(2,3)4/h5-11H2,1-4H3. The molecule has 1 saturated heterocycles. The molecular formula is C14H26N4O3S.